The van der Waals surface area contributed by atoms with Crippen LogP contribution in [0.3, 0.4) is 0 Å². The molecule has 1 amide bonds. The number of halogens is 1. The van der Waals surface area contributed by atoms with Gasteiger partial charge >= 0.3 is 0 Å². The Labute approximate surface area is 155 Å². The van der Waals surface area contributed by atoms with Crippen molar-refractivity contribution in [2.45, 2.75) is 17.9 Å². The number of anilines is 1. The van der Waals surface area contributed by atoms with Gasteiger partial charge in [0.05, 0.1) is 11.5 Å². The predicted octanol–water partition coefficient (Wildman–Crippen LogP) is 3.01. The summed E-state index contributed by atoms with van der Waals surface area (Å²) in [7, 11) is -2.11. The minimum atomic E-state index is -3.68. The lowest BCUT2D eigenvalue weighted by Crippen LogP contribution is -2.35. The number of nitrogens with one attached hydrogen (secondary N) is 2. The lowest BCUT2D eigenvalue weighted by molar-refractivity contribution is 0.0905. The van der Waals surface area contributed by atoms with Crippen molar-refractivity contribution in [3.8, 4) is 0 Å². The normalized spacial score (nSPS) is 12.4. The molecule has 0 saturated carbocycles. The fourth-order valence-electron chi connectivity index (χ4n) is 2.12. The van der Waals surface area contributed by atoms with Crippen LogP contribution in [0.5, 0.6) is 0 Å². The van der Waals surface area contributed by atoms with Crippen LogP contribution in [-0.4, -0.2) is 34.1 Å². The molecule has 2 N–H and O–H groups in total. The molecule has 0 fully saturated rings. The van der Waals surface area contributed by atoms with Crippen LogP contribution in [0, 0.1) is 0 Å². The summed E-state index contributed by atoms with van der Waals surface area (Å²) in [4.78, 5) is 12.2. The molecule has 0 aliphatic heterocycles. The molecule has 6 nitrogen and oxygen atoms in total. The van der Waals surface area contributed by atoms with E-state index in [0.717, 1.165) is 4.47 Å². The van der Waals surface area contributed by atoms with E-state index in [1.54, 1.807) is 43.5 Å². The van der Waals surface area contributed by atoms with Gasteiger partial charge in [0.25, 0.3) is 15.9 Å². The number of amides is 1. The summed E-state index contributed by atoms with van der Waals surface area (Å²) in [5.74, 6) is -0.244. The number of carbonyl (C=O) groups is 1. The Kier molecular flexibility index (Phi) is 6.57. The third-order valence-corrected chi connectivity index (χ3v) is 5.24. The summed E-state index contributed by atoms with van der Waals surface area (Å²) >= 11 is 3.27. The topological polar surface area (TPSA) is 84.5 Å². The molecule has 0 aliphatic carbocycles. The van der Waals surface area contributed by atoms with Crippen molar-refractivity contribution in [3.63, 3.8) is 0 Å². The van der Waals surface area contributed by atoms with Crippen LogP contribution in [0.2, 0.25) is 0 Å². The van der Waals surface area contributed by atoms with Gasteiger partial charge in [-0.1, -0.05) is 15.9 Å². The van der Waals surface area contributed by atoms with E-state index in [4.69, 9.17) is 4.74 Å². The number of sulfonamides is 1. The molecule has 2 aromatic carbocycles. The second-order valence-electron chi connectivity index (χ2n) is 5.47. The van der Waals surface area contributed by atoms with Crippen molar-refractivity contribution in [1.82, 2.24) is 5.32 Å². The molecule has 2 rings (SSSR count). The van der Waals surface area contributed by atoms with Crippen molar-refractivity contribution in [2.24, 2.45) is 0 Å². The number of hydrogen-bond donors (Lipinski definition) is 2. The Hall–Kier alpha value is -1.90. The Balaban J connectivity index is 2.07. The number of ether oxygens (including phenoxy) is 1. The fraction of sp³-hybridized carbons (Fsp3) is 0.235. The smallest absolute Gasteiger partial charge is 0.261 e. The molecular formula is C17H19BrN2O4S. The van der Waals surface area contributed by atoms with Gasteiger partial charge in [-0.2, -0.15) is 0 Å². The maximum Gasteiger partial charge on any atom is 0.261 e. The molecule has 0 saturated heterocycles. The van der Waals surface area contributed by atoms with Gasteiger partial charge in [-0.25, -0.2) is 8.42 Å². The number of benzene rings is 2. The summed E-state index contributed by atoms with van der Waals surface area (Å²) in [6, 6.07) is 12.4. The van der Waals surface area contributed by atoms with Gasteiger partial charge in [0.1, 0.15) is 0 Å². The van der Waals surface area contributed by atoms with Crippen LogP contribution >= 0.6 is 15.9 Å². The van der Waals surface area contributed by atoms with Gasteiger partial charge in [-0.15, -0.1) is 0 Å². The Morgan fingerprint density at radius 1 is 1.12 bits per heavy atom. The molecule has 2 aromatic rings. The Morgan fingerprint density at radius 3 is 2.28 bits per heavy atom. The third kappa shape index (κ3) is 5.55. The fourth-order valence-corrected chi connectivity index (χ4v) is 3.44. The average molecular weight is 427 g/mol. The lowest BCUT2D eigenvalue weighted by Gasteiger charge is -2.13. The minimum absolute atomic E-state index is 0.118. The first-order valence-electron chi connectivity index (χ1n) is 7.50. The summed E-state index contributed by atoms with van der Waals surface area (Å²) in [5, 5.41) is 2.79. The van der Waals surface area contributed by atoms with Gasteiger partial charge < -0.3 is 10.1 Å². The molecule has 1 unspecified atom stereocenters. The zero-order valence-corrected chi connectivity index (χ0v) is 16.2. The van der Waals surface area contributed by atoms with E-state index >= 15 is 0 Å². The van der Waals surface area contributed by atoms with Crippen LogP contribution in [0.15, 0.2) is 57.9 Å². The first-order chi connectivity index (χ1) is 11.8. The molecule has 0 radical (unpaired) electrons. The summed E-state index contributed by atoms with van der Waals surface area (Å²) < 4.78 is 32.9. The number of methoxy groups -OCH3 is 1. The third-order valence-electron chi connectivity index (χ3n) is 3.32. The summed E-state index contributed by atoms with van der Waals surface area (Å²) in [5.41, 5.74) is 0.818. The Morgan fingerprint density at radius 2 is 1.72 bits per heavy atom. The molecule has 8 heteroatoms. The first kappa shape index (κ1) is 19.4. The van der Waals surface area contributed by atoms with Crippen LogP contribution in [-0.2, 0) is 14.8 Å². The Bertz CT molecular complexity index is 821. The standard InChI is InChI=1S/C17H19BrN2O4S/c1-12(11-24-2)19-17(21)13-3-7-15(8-4-13)20-25(22,23)16-9-5-14(18)6-10-16/h3-10,12,20H,11H2,1-2H3,(H,19,21). The van der Waals surface area contributed by atoms with E-state index in [0.29, 0.717) is 17.9 Å². The monoisotopic (exact) mass is 426 g/mol. The zero-order chi connectivity index (χ0) is 18.4. The minimum Gasteiger partial charge on any atom is -0.383 e. The largest absolute Gasteiger partial charge is 0.383 e. The van der Waals surface area contributed by atoms with E-state index in [2.05, 4.69) is 26.0 Å². The highest BCUT2D eigenvalue weighted by molar-refractivity contribution is 9.10. The molecule has 0 heterocycles. The van der Waals surface area contributed by atoms with E-state index in [1.807, 2.05) is 6.92 Å². The van der Waals surface area contributed by atoms with Crippen molar-refractivity contribution < 1.29 is 17.9 Å². The average Bonchev–Trinajstić information content (AvgIpc) is 2.55. The highest BCUT2D eigenvalue weighted by Gasteiger charge is 2.15. The quantitative estimate of drug-likeness (QED) is 0.712. The lowest BCUT2D eigenvalue weighted by atomic mass is 10.2. The molecule has 1 atom stereocenters. The van der Waals surface area contributed by atoms with E-state index in [-0.39, 0.29) is 16.8 Å². The van der Waals surface area contributed by atoms with Gasteiger partial charge in [-0.05, 0) is 55.5 Å². The van der Waals surface area contributed by atoms with Crippen molar-refractivity contribution in [3.05, 3.63) is 58.6 Å². The van der Waals surface area contributed by atoms with Gasteiger partial charge in [0.2, 0.25) is 0 Å². The zero-order valence-electron chi connectivity index (χ0n) is 13.8. The summed E-state index contributed by atoms with van der Waals surface area (Å²) in [6.07, 6.45) is 0. The number of hydrogen-bond acceptors (Lipinski definition) is 4. The van der Waals surface area contributed by atoms with E-state index < -0.39 is 10.0 Å². The van der Waals surface area contributed by atoms with Gasteiger partial charge in [0, 0.05) is 28.9 Å². The van der Waals surface area contributed by atoms with Gasteiger partial charge in [0.15, 0.2) is 0 Å². The predicted molar refractivity (Wildman–Crippen MR) is 100 cm³/mol. The molecule has 134 valence electrons. The molecule has 0 bridgehead atoms. The molecule has 0 aromatic heterocycles. The van der Waals surface area contributed by atoms with Crippen LogP contribution < -0.4 is 10.0 Å². The number of carbonyl (C=O) groups excluding carboxylic acids is 1. The highest BCUT2D eigenvalue weighted by atomic mass is 79.9. The van der Waals surface area contributed by atoms with Gasteiger partial charge in [-0.3, -0.25) is 9.52 Å². The van der Waals surface area contributed by atoms with Crippen molar-refractivity contribution >= 4 is 37.5 Å². The van der Waals surface area contributed by atoms with E-state index in [1.165, 1.54) is 12.1 Å². The van der Waals surface area contributed by atoms with Crippen LogP contribution in [0.1, 0.15) is 17.3 Å². The molecular weight excluding hydrogens is 408 g/mol. The van der Waals surface area contributed by atoms with E-state index in [9.17, 15) is 13.2 Å². The highest BCUT2D eigenvalue weighted by Crippen LogP contribution is 2.19. The molecule has 0 spiro atoms. The summed E-state index contributed by atoms with van der Waals surface area (Å²) in [6.45, 7) is 2.25. The first-order valence-corrected chi connectivity index (χ1v) is 9.77. The van der Waals surface area contributed by atoms with Crippen molar-refractivity contribution in [2.75, 3.05) is 18.4 Å². The molecule has 25 heavy (non-hydrogen) atoms. The SMILES string of the molecule is COCC(C)NC(=O)c1ccc(NS(=O)(=O)c2ccc(Br)cc2)cc1. The molecule has 0 aliphatic rings. The van der Waals surface area contributed by atoms with Crippen LogP contribution in [0.4, 0.5) is 5.69 Å². The maximum absolute atomic E-state index is 12.3. The second-order valence-corrected chi connectivity index (χ2v) is 8.06. The van der Waals surface area contributed by atoms with Crippen LogP contribution in [0.25, 0.3) is 0 Å². The maximum atomic E-state index is 12.3. The second kappa shape index (κ2) is 8.46. The van der Waals surface area contributed by atoms with Crippen molar-refractivity contribution in [1.29, 1.82) is 0 Å². The number of rotatable bonds is 7.